The third-order valence-electron chi connectivity index (χ3n) is 3.34. The summed E-state index contributed by atoms with van der Waals surface area (Å²) in [6.07, 6.45) is 4.14. The summed E-state index contributed by atoms with van der Waals surface area (Å²) in [7, 11) is 0. The van der Waals surface area contributed by atoms with E-state index >= 15 is 0 Å². The monoisotopic (exact) mass is 220 g/mol. The van der Waals surface area contributed by atoms with Crippen molar-refractivity contribution in [3.8, 4) is 0 Å². The highest BCUT2D eigenvalue weighted by molar-refractivity contribution is 5.46. The van der Waals surface area contributed by atoms with Crippen LogP contribution in [0.2, 0.25) is 0 Å². The van der Waals surface area contributed by atoms with Crippen molar-refractivity contribution in [2.24, 2.45) is 0 Å². The molecule has 1 aromatic carbocycles. The van der Waals surface area contributed by atoms with E-state index in [4.69, 9.17) is 5.73 Å². The Bertz CT molecular complexity index is 340. The van der Waals surface area contributed by atoms with Gasteiger partial charge >= 0.3 is 0 Å². The molecule has 0 aromatic heterocycles. The maximum Gasteiger partial charge on any atom is 0.0693 e. The van der Waals surface area contributed by atoms with E-state index in [0.717, 1.165) is 37.1 Å². The first-order chi connectivity index (χ1) is 7.77. The van der Waals surface area contributed by atoms with E-state index in [0.29, 0.717) is 0 Å². The van der Waals surface area contributed by atoms with Gasteiger partial charge in [-0.1, -0.05) is 31.0 Å². The number of aliphatic hydroxyl groups excluding tert-OH is 1. The second kappa shape index (κ2) is 5.32. The highest BCUT2D eigenvalue weighted by Gasteiger charge is 2.22. The average Bonchev–Trinajstić information content (AvgIpc) is 2.30. The van der Waals surface area contributed by atoms with Crippen molar-refractivity contribution < 1.29 is 5.11 Å². The average molecular weight is 220 g/mol. The van der Waals surface area contributed by atoms with Crippen molar-refractivity contribution in [2.45, 2.75) is 44.4 Å². The van der Waals surface area contributed by atoms with Gasteiger partial charge in [-0.3, -0.25) is 0 Å². The highest BCUT2D eigenvalue weighted by Crippen LogP contribution is 2.19. The lowest BCUT2D eigenvalue weighted by molar-refractivity contribution is 0.0903. The number of hydrogen-bond donors (Lipinski definition) is 3. The van der Waals surface area contributed by atoms with Gasteiger partial charge in [0.25, 0.3) is 0 Å². The number of anilines is 1. The van der Waals surface area contributed by atoms with E-state index in [9.17, 15) is 5.11 Å². The molecule has 88 valence electrons. The van der Waals surface area contributed by atoms with Crippen molar-refractivity contribution in [3.05, 3.63) is 29.8 Å². The molecule has 0 amide bonds. The summed E-state index contributed by atoms with van der Waals surface area (Å²) >= 11 is 0. The van der Waals surface area contributed by atoms with Crippen LogP contribution in [0.5, 0.6) is 0 Å². The zero-order chi connectivity index (χ0) is 11.4. The molecule has 1 aliphatic carbocycles. The molecule has 0 bridgehead atoms. The van der Waals surface area contributed by atoms with Crippen molar-refractivity contribution >= 4 is 5.69 Å². The number of nitrogen functional groups attached to an aromatic ring is 1. The molecule has 2 rings (SSSR count). The molecular formula is C13H20N2O. The fourth-order valence-electron chi connectivity index (χ4n) is 2.29. The third kappa shape index (κ3) is 2.74. The summed E-state index contributed by atoms with van der Waals surface area (Å²) < 4.78 is 0. The quantitative estimate of drug-likeness (QED) is 0.679. The Balaban J connectivity index is 1.89. The molecule has 1 fully saturated rings. The standard InChI is InChI=1S/C13H20N2O/c14-11-6-2-1-5-10(11)9-15-12-7-3-4-8-13(12)16/h1-2,5-6,12-13,15-16H,3-4,7-9,14H2/t12-,13-/m0/s1. The van der Waals surface area contributed by atoms with Gasteiger partial charge in [0.2, 0.25) is 0 Å². The normalized spacial score (nSPS) is 25.6. The fraction of sp³-hybridized carbons (Fsp3) is 0.538. The van der Waals surface area contributed by atoms with E-state index < -0.39 is 0 Å². The minimum absolute atomic E-state index is 0.196. The molecular weight excluding hydrogens is 200 g/mol. The van der Waals surface area contributed by atoms with Gasteiger partial charge in [0.05, 0.1) is 6.10 Å². The van der Waals surface area contributed by atoms with Crippen molar-refractivity contribution in [1.82, 2.24) is 5.32 Å². The van der Waals surface area contributed by atoms with Gasteiger partial charge in [0, 0.05) is 18.3 Å². The van der Waals surface area contributed by atoms with Crippen molar-refractivity contribution in [2.75, 3.05) is 5.73 Å². The number of aliphatic hydroxyl groups is 1. The molecule has 0 saturated heterocycles. The fourth-order valence-corrected chi connectivity index (χ4v) is 2.29. The number of nitrogens with two attached hydrogens (primary N) is 1. The third-order valence-corrected chi connectivity index (χ3v) is 3.34. The van der Waals surface area contributed by atoms with E-state index in [-0.39, 0.29) is 12.1 Å². The smallest absolute Gasteiger partial charge is 0.0693 e. The second-order valence-corrected chi connectivity index (χ2v) is 4.54. The molecule has 0 spiro atoms. The number of nitrogens with one attached hydrogen (secondary N) is 1. The van der Waals surface area contributed by atoms with Gasteiger partial charge in [-0.15, -0.1) is 0 Å². The Labute approximate surface area is 96.7 Å². The predicted molar refractivity (Wildman–Crippen MR) is 66.0 cm³/mol. The van der Waals surface area contributed by atoms with Gasteiger partial charge in [-0.2, -0.15) is 0 Å². The summed E-state index contributed by atoms with van der Waals surface area (Å²) in [5.41, 5.74) is 7.80. The first-order valence-corrected chi connectivity index (χ1v) is 6.02. The summed E-state index contributed by atoms with van der Waals surface area (Å²) in [6, 6.07) is 8.10. The molecule has 0 unspecified atom stereocenters. The Hall–Kier alpha value is -1.06. The Morgan fingerprint density at radius 3 is 2.75 bits per heavy atom. The Morgan fingerprint density at radius 1 is 1.25 bits per heavy atom. The molecule has 2 atom stereocenters. The Morgan fingerprint density at radius 2 is 2.00 bits per heavy atom. The van der Waals surface area contributed by atoms with Crippen LogP contribution in [0.15, 0.2) is 24.3 Å². The molecule has 0 heterocycles. The van der Waals surface area contributed by atoms with Crippen LogP contribution in [0.4, 0.5) is 5.69 Å². The van der Waals surface area contributed by atoms with E-state index in [2.05, 4.69) is 5.32 Å². The lowest BCUT2D eigenvalue weighted by Gasteiger charge is -2.28. The van der Waals surface area contributed by atoms with E-state index in [1.54, 1.807) is 0 Å². The van der Waals surface area contributed by atoms with Crippen LogP contribution in [-0.2, 0) is 6.54 Å². The SMILES string of the molecule is Nc1ccccc1CN[C@H]1CCCC[C@@H]1O. The number of para-hydroxylation sites is 1. The molecule has 4 N–H and O–H groups in total. The molecule has 3 nitrogen and oxygen atoms in total. The Kier molecular flexibility index (Phi) is 3.80. The van der Waals surface area contributed by atoms with Gasteiger partial charge in [0.15, 0.2) is 0 Å². The topological polar surface area (TPSA) is 58.3 Å². The molecule has 0 aliphatic heterocycles. The zero-order valence-electron chi connectivity index (χ0n) is 9.52. The van der Waals surface area contributed by atoms with E-state index in [1.807, 2.05) is 24.3 Å². The zero-order valence-corrected chi connectivity index (χ0v) is 9.52. The lowest BCUT2D eigenvalue weighted by Crippen LogP contribution is -2.41. The minimum Gasteiger partial charge on any atom is -0.398 e. The second-order valence-electron chi connectivity index (χ2n) is 4.54. The van der Waals surface area contributed by atoms with Crippen LogP contribution >= 0.6 is 0 Å². The summed E-state index contributed by atoms with van der Waals surface area (Å²) in [5.74, 6) is 0. The van der Waals surface area contributed by atoms with Gasteiger partial charge in [-0.25, -0.2) is 0 Å². The van der Waals surface area contributed by atoms with Crippen molar-refractivity contribution in [3.63, 3.8) is 0 Å². The summed E-state index contributed by atoms with van der Waals surface area (Å²) in [5, 5.41) is 13.2. The van der Waals surface area contributed by atoms with Crippen LogP contribution in [-0.4, -0.2) is 17.3 Å². The summed E-state index contributed by atoms with van der Waals surface area (Å²) in [6.45, 7) is 0.744. The highest BCUT2D eigenvalue weighted by atomic mass is 16.3. The molecule has 3 heteroatoms. The minimum atomic E-state index is -0.196. The van der Waals surface area contributed by atoms with Gasteiger partial charge < -0.3 is 16.2 Å². The molecule has 1 aliphatic rings. The first kappa shape index (κ1) is 11.4. The van der Waals surface area contributed by atoms with E-state index in [1.165, 1.54) is 6.42 Å². The number of benzene rings is 1. The molecule has 0 radical (unpaired) electrons. The van der Waals surface area contributed by atoms with Crippen LogP contribution < -0.4 is 11.1 Å². The molecule has 1 aromatic rings. The predicted octanol–water partition coefficient (Wildman–Crippen LogP) is 1.66. The van der Waals surface area contributed by atoms with Crippen LogP contribution in [0.1, 0.15) is 31.2 Å². The summed E-state index contributed by atoms with van der Waals surface area (Å²) in [4.78, 5) is 0. The van der Waals surface area contributed by atoms with Crippen molar-refractivity contribution in [1.29, 1.82) is 0 Å². The van der Waals surface area contributed by atoms with Crippen LogP contribution in [0, 0.1) is 0 Å². The van der Waals surface area contributed by atoms with Crippen LogP contribution in [0.25, 0.3) is 0 Å². The maximum absolute atomic E-state index is 9.82. The van der Waals surface area contributed by atoms with Crippen LogP contribution in [0.3, 0.4) is 0 Å². The lowest BCUT2D eigenvalue weighted by atomic mass is 9.92. The van der Waals surface area contributed by atoms with Gasteiger partial charge in [0.1, 0.15) is 0 Å². The molecule has 16 heavy (non-hydrogen) atoms. The first-order valence-electron chi connectivity index (χ1n) is 6.02. The largest absolute Gasteiger partial charge is 0.398 e. The van der Waals surface area contributed by atoms with Gasteiger partial charge in [-0.05, 0) is 24.5 Å². The number of rotatable bonds is 3. The maximum atomic E-state index is 9.82. The molecule has 1 saturated carbocycles. The number of hydrogen-bond acceptors (Lipinski definition) is 3.